The topological polar surface area (TPSA) is 82.6 Å². The molecule has 1 saturated heterocycles. The molecule has 0 aliphatic carbocycles. The number of aromatic nitrogens is 2. The van der Waals surface area contributed by atoms with Crippen molar-refractivity contribution in [3.05, 3.63) is 32.6 Å². The molecule has 136 valence electrons. The molecule has 0 spiro atoms. The average Bonchev–Trinajstić information content (AvgIpc) is 2.82. The van der Waals surface area contributed by atoms with Crippen LogP contribution in [0.1, 0.15) is 33.3 Å². The molecule has 0 amide bonds. The van der Waals surface area contributed by atoms with Crippen LogP contribution in [0.4, 0.5) is 0 Å². The number of rotatable bonds is 4. The van der Waals surface area contributed by atoms with Gasteiger partial charge in [0.2, 0.25) is 0 Å². The van der Waals surface area contributed by atoms with Crippen LogP contribution >= 0.6 is 0 Å². The summed E-state index contributed by atoms with van der Waals surface area (Å²) < 4.78 is 19.1. The van der Waals surface area contributed by atoms with Crippen molar-refractivity contribution in [2.45, 2.75) is 64.8 Å². The summed E-state index contributed by atoms with van der Waals surface area (Å²) in [6, 6.07) is 0. The van der Waals surface area contributed by atoms with Crippen molar-refractivity contribution in [3.63, 3.8) is 0 Å². The van der Waals surface area contributed by atoms with Gasteiger partial charge >= 0.3 is 5.69 Å². The molecule has 1 aliphatic heterocycles. The van der Waals surface area contributed by atoms with E-state index in [-0.39, 0.29) is 11.6 Å². The molecular weight excluding hydrogens is 328 g/mol. The molecule has 1 aromatic rings. The highest BCUT2D eigenvalue weighted by Crippen LogP contribution is 2.37. The van der Waals surface area contributed by atoms with E-state index in [0.717, 1.165) is 0 Å². The van der Waals surface area contributed by atoms with Gasteiger partial charge in [-0.1, -0.05) is 20.8 Å². The quantitative estimate of drug-likeness (QED) is 0.833. The molecule has 0 saturated carbocycles. The lowest BCUT2D eigenvalue weighted by Crippen LogP contribution is -2.45. The van der Waals surface area contributed by atoms with Crippen molar-refractivity contribution in [1.82, 2.24) is 9.55 Å². The molecule has 2 atom stereocenters. The van der Waals surface area contributed by atoms with Crippen LogP contribution < -0.4 is 11.2 Å². The molecule has 0 aromatic carbocycles. The van der Waals surface area contributed by atoms with E-state index in [1.165, 1.54) is 10.8 Å². The van der Waals surface area contributed by atoms with E-state index in [0.29, 0.717) is 12.2 Å². The van der Waals surface area contributed by atoms with Gasteiger partial charge in [-0.25, -0.2) is 4.79 Å². The third kappa shape index (κ3) is 3.71. The number of nitrogens with zero attached hydrogens (tertiary/aromatic N) is 1. The van der Waals surface area contributed by atoms with Crippen LogP contribution in [-0.4, -0.2) is 37.4 Å². The largest absolute Gasteiger partial charge is 0.412 e. The predicted octanol–water partition coefficient (Wildman–Crippen LogP) is 1.91. The molecule has 7 nitrogen and oxygen atoms in total. The third-order valence-electron chi connectivity index (χ3n) is 4.94. The third-order valence-corrected chi connectivity index (χ3v) is 9.44. The van der Waals surface area contributed by atoms with E-state index in [4.69, 9.17) is 13.9 Å². The van der Waals surface area contributed by atoms with Crippen molar-refractivity contribution in [2.24, 2.45) is 0 Å². The van der Waals surface area contributed by atoms with Crippen LogP contribution in [0.5, 0.6) is 0 Å². The molecule has 1 N–H and O–H groups in total. The fourth-order valence-electron chi connectivity index (χ4n) is 2.22. The first kappa shape index (κ1) is 19.1. The molecule has 2 heterocycles. The van der Waals surface area contributed by atoms with E-state index in [2.05, 4.69) is 38.8 Å². The molecule has 1 fully saturated rings. The van der Waals surface area contributed by atoms with Crippen LogP contribution in [0.3, 0.4) is 0 Å². The normalized spacial score (nSPS) is 25.2. The van der Waals surface area contributed by atoms with E-state index in [1.807, 2.05) is 0 Å². The van der Waals surface area contributed by atoms with E-state index in [1.54, 1.807) is 13.8 Å². The number of aromatic amines is 1. The summed E-state index contributed by atoms with van der Waals surface area (Å²) in [6.07, 6.45) is 0.963. The van der Waals surface area contributed by atoms with Gasteiger partial charge in [0, 0.05) is 11.8 Å². The SMILES string of the molecule is Cc1cn([C@]2(C)CO[C@H](CO[Si](C)(C)C(C)(C)C)O2)c(=O)[nH]c1=O. The highest BCUT2D eigenvalue weighted by molar-refractivity contribution is 6.74. The highest BCUT2D eigenvalue weighted by Gasteiger charge is 2.42. The standard InChI is InChI=1S/C16H28N2O5Si/c1-11-8-18(14(20)17-13(11)19)16(5)10-21-12(23-16)9-22-24(6,7)15(2,3)4/h8,12H,9-10H2,1-7H3,(H,17,19,20)/t12-,16-/m0/s1. The zero-order valence-corrected chi connectivity index (χ0v) is 16.6. The van der Waals surface area contributed by atoms with Gasteiger partial charge in [0.05, 0.1) is 13.2 Å². The Kier molecular flexibility index (Phi) is 4.98. The van der Waals surface area contributed by atoms with E-state index >= 15 is 0 Å². The zero-order valence-electron chi connectivity index (χ0n) is 15.6. The van der Waals surface area contributed by atoms with Gasteiger partial charge < -0.3 is 13.9 Å². The van der Waals surface area contributed by atoms with Gasteiger partial charge in [0.1, 0.15) is 0 Å². The highest BCUT2D eigenvalue weighted by atomic mass is 28.4. The Balaban J connectivity index is 2.11. The van der Waals surface area contributed by atoms with Gasteiger partial charge in [-0.3, -0.25) is 14.3 Å². The van der Waals surface area contributed by atoms with Gasteiger partial charge in [-0.15, -0.1) is 0 Å². The van der Waals surface area contributed by atoms with Crippen molar-refractivity contribution < 1.29 is 13.9 Å². The summed E-state index contributed by atoms with van der Waals surface area (Å²) in [7, 11) is -1.90. The van der Waals surface area contributed by atoms with Crippen LogP contribution in [-0.2, 0) is 19.6 Å². The number of H-pyrrole nitrogens is 1. The zero-order chi connectivity index (χ0) is 18.3. The van der Waals surface area contributed by atoms with E-state index < -0.39 is 31.6 Å². The van der Waals surface area contributed by atoms with Crippen molar-refractivity contribution in [1.29, 1.82) is 0 Å². The lowest BCUT2D eigenvalue weighted by Gasteiger charge is -2.36. The maximum Gasteiger partial charge on any atom is 0.330 e. The molecule has 24 heavy (non-hydrogen) atoms. The molecule has 8 heteroatoms. The number of hydrogen-bond donors (Lipinski definition) is 1. The summed E-state index contributed by atoms with van der Waals surface area (Å²) in [5.74, 6) is 0. The lowest BCUT2D eigenvalue weighted by molar-refractivity contribution is -0.131. The first-order valence-electron chi connectivity index (χ1n) is 8.12. The summed E-state index contributed by atoms with van der Waals surface area (Å²) in [6.45, 7) is 14.8. The molecule has 1 aromatic heterocycles. The Bertz CT molecular complexity index is 718. The number of ether oxygens (including phenoxy) is 2. The second kappa shape index (κ2) is 6.25. The molecule has 2 rings (SSSR count). The van der Waals surface area contributed by atoms with Gasteiger partial charge in [0.15, 0.2) is 20.3 Å². The lowest BCUT2D eigenvalue weighted by atomic mass is 10.2. The molecule has 0 bridgehead atoms. The minimum Gasteiger partial charge on any atom is -0.412 e. The van der Waals surface area contributed by atoms with Gasteiger partial charge in [0.25, 0.3) is 5.56 Å². The fraction of sp³-hybridized carbons (Fsp3) is 0.750. The Morgan fingerprint density at radius 1 is 1.42 bits per heavy atom. The number of aryl methyl sites for hydroxylation is 1. The fourth-order valence-corrected chi connectivity index (χ4v) is 3.20. The number of hydrogen-bond acceptors (Lipinski definition) is 5. The second-order valence-electron chi connectivity index (χ2n) is 8.05. The van der Waals surface area contributed by atoms with Crippen LogP contribution in [0.25, 0.3) is 0 Å². The van der Waals surface area contributed by atoms with Crippen LogP contribution in [0.15, 0.2) is 15.8 Å². The minimum atomic E-state index is -1.90. The van der Waals surface area contributed by atoms with E-state index in [9.17, 15) is 9.59 Å². The van der Waals surface area contributed by atoms with Crippen molar-refractivity contribution in [3.8, 4) is 0 Å². The Hall–Kier alpha value is -1.22. The summed E-state index contributed by atoms with van der Waals surface area (Å²) >= 11 is 0. The summed E-state index contributed by atoms with van der Waals surface area (Å²) in [5.41, 5.74) is -1.42. The monoisotopic (exact) mass is 356 g/mol. The van der Waals surface area contributed by atoms with Gasteiger partial charge in [-0.2, -0.15) is 0 Å². The summed E-state index contributed by atoms with van der Waals surface area (Å²) in [4.78, 5) is 25.9. The Morgan fingerprint density at radius 2 is 2.04 bits per heavy atom. The summed E-state index contributed by atoms with van der Waals surface area (Å²) in [5, 5.41) is 0.0991. The average molecular weight is 356 g/mol. The smallest absolute Gasteiger partial charge is 0.330 e. The molecule has 0 unspecified atom stereocenters. The molecule has 1 aliphatic rings. The van der Waals surface area contributed by atoms with Gasteiger partial charge in [-0.05, 0) is 32.0 Å². The van der Waals surface area contributed by atoms with Crippen LogP contribution in [0, 0.1) is 6.92 Å². The Labute approximate surface area is 143 Å². The predicted molar refractivity (Wildman–Crippen MR) is 93.7 cm³/mol. The van der Waals surface area contributed by atoms with Crippen LogP contribution in [0.2, 0.25) is 18.1 Å². The maximum atomic E-state index is 12.1. The number of nitrogens with one attached hydrogen (secondary N) is 1. The molecular formula is C16H28N2O5Si. The maximum absolute atomic E-state index is 12.1. The molecule has 0 radical (unpaired) electrons. The second-order valence-corrected chi connectivity index (χ2v) is 12.9. The first-order chi connectivity index (χ1) is 10.9. The first-order valence-corrected chi connectivity index (χ1v) is 11.0. The van der Waals surface area contributed by atoms with Crippen molar-refractivity contribution >= 4 is 8.32 Å². The Morgan fingerprint density at radius 3 is 2.62 bits per heavy atom. The minimum absolute atomic E-state index is 0.0991. The van der Waals surface area contributed by atoms with Crippen molar-refractivity contribution in [2.75, 3.05) is 13.2 Å².